The zero-order valence-electron chi connectivity index (χ0n) is 13.7. The van der Waals surface area contributed by atoms with Crippen LogP contribution in [0.4, 0.5) is 5.69 Å². The lowest BCUT2D eigenvalue weighted by Gasteiger charge is -2.20. The van der Waals surface area contributed by atoms with Gasteiger partial charge in [0.25, 0.3) is 0 Å². The quantitative estimate of drug-likeness (QED) is 0.782. The largest absolute Gasteiger partial charge is 0.355 e. The minimum Gasteiger partial charge on any atom is -0.355 e. The summed E-state index contributed by atoms with van der Waals surface area (Å²) in [5.41, 5.74) is 1.87. The van der Waals surface area contributed by atoms with Crippen LogP contribution in [0.3, 0.4) is 0 Å². The molecule has 0 fully saturated rings. The Labute approximate surface area is 147 Å². The van der Waals surface area contributed by atoms with Crippen LogP contribution in [0.5, 0.6) is 0 Å². The van der Waals surface area contributed by atoms with Gasteiger partial charge in [-0.15, -0.1) is 0 Å². The van der Waals surface area contributed by atoms with E-state index in [1.165, 1.54) is 17.4 Å². The molecule has 2 rings (SSSR count). The van der Waals surface area contributed by atoms with Crippen LogP contribution in [-0.4, -0.2) is 24.9 Å². The maximum Gasteiger partial charge on any atom is 0.240 e. The van der Waals surface area contributed by atoms with Crippen LogP contribution in [0.15, 0.2) is 54.6 Å². The Bertz CT molecular complexity index is 689. The summed E-state index contributed by atoms with van der Waals surface area (Å²) in [5.74, 6) is -0.380. The van der Waals surface area contributed by atoms with Crippen molar-refractivity contribution >= 4 is 29.1 Å². The summed E-state index contributed by atoms with van der Waals surface area (Å²) < 4.78 is 0. The molecule has 2 aromatic rings. The number of nitrogens with zero attached hydrogens (tertiary/aromatic N) is 1. The van der Waals surface area contributed by atoms with Crippen molar-refractivity contribution in [3.8, 4) is 0 Å². The fraction of sp³-hybridized carbons (Fsp3) is 0.263. The molecule has 0 aliphatic carbocycles. The van der Waals surface area contributed by atoms with Crippen LogP contribution >= 0.6 is 11.6 Å². The number of hydrogen-bond acceptors (Lipinski definition) is 2. The smallest absolute Gasteiger partial charge is 0.240 e. The van der Waals surface area contributed by atoms with Crippen molar-refractivity contribution < 1.29 is 9.59 Å². The molecule has 0 heterocycles. The second kappa shape index (κ2) is 9.08. The predicted octanol–water partition coefficient (Wildman–Crippen LogP) is 3.44. The number of anilines is 1. The monoisotopic (exact) mass is 344 g/mol. The molecule has 0 spiro atoms. The van der Waals surface area contributed by atoms with Gasteiger partial charge in [0.05, 0.1) is 0 Å². The Kier molecular flexibility index (Phi) is 6.82. The van der Waals surface area contributed by atoms with Gasteiger partial charge in [0, 0.05) is 24.2 Å². The molecule has 4 nitrogen and oxygen atoms in total. The van der Waals surface area contributed by atoms with E-state index in [1.54, 1.807) is 24.3 Å². The van der Waals surface area contributed by atoms with E-state index in [0.717, 1.165) is 12.8 Å². The normalized spacial score (nSPS) is 10.2. The fourth-order valence-electron chi connectivity index (χ4n) is 2.39. The Morgan fingerprint density at radius 1 is 1.08 bits per heavy atom. The summed E-state index contributed by atoms with van der Waals surface area (Å²) in [6, 6.07) is 17.0. The second-order valence-corrected chi connectivity index (χ2v) is 5.96. The van der Waals surface area contributed by atoms with Crippen LogP contribution < -0.4 is 10.2 Å². The Hall–Kier alpha value is -2.33. The SMILES string of the molecule is CC(=O)N(CC(=O)NCCCc1ccccc1)c1cccc(Cl)c1. The molecule has 24 heavy (non-hydrogen) atoms. The molecule has 0 radical (unpaired) electrons. The van der Waals surface area contributed by atoms with Crippen LogP contribution in [-0.2, 0) is 16.0 Å². The van der Waals surface area contributed by atoms with Crippen LogP contribution in [0.2, 0.25) is 5.02 Å². The van der Waals surface area contributed by atoms with Gasteiger partial charge in [-0.2, -0.15) is 0 Å². The fourth-order valence-corrected chi connectivity index (χ4v) is 2.58. The summed E-state index contributed by atoms with van der Waals surface area (Å²) in [6.07, 6.45) is 1.76. The Morgan fingerprint density at radius 3 is 2.50 bits per heavy atom. The predicted molar refractivity (Wildman–Crippen MR) is 97.3 cm³/mol. The van der Waals surface area contributed by atoms with Crippen molar-refractivity contribution in [2.45, 2.75) is 19.8 Å². The van der Waals surface area contributed by atoms with Gasteiger partial charge in [-0.05, 0) is 36.6 Å². The number of hydrogen-bond donors (Lipinski definition) is 1. The molecule has 0 atom stereocenters. The molecule has 1 N–H and O–H groups in total. The molecule has 0 saturated carbocycles. The number of aryl methyl sites for hydroxylation is 1. The van der Waals surface area contributed by atoms with Gasteiger partial charge >= 0.3 is 0 Å². The first-order chi connectivity index (χ1) is 11.6. The van der Waals surface area contributed by atoms with Gasteiger partial charge < -0.3 is 10.2 Å². The van der Waals surface area contributed by atoms with E-state index >= 15 is 0 Å². The molecule has 0 saturated heterocycles. The molecule has 2 amide bonds. The molecular formula is C19H21ClN2O2. The van der Waals surface area contributed by atoms with Gasteiger partial charge in [-0.1, -0.05) is 48.0 Å². The number of amides is 2. The van der Waals surface area contributed by atoms with E-state index in [0.29, 0.717) is 17.3 Å². The first kappa shape index (κ1) is 18.0. The van der Waals surface area contributed by atoms with Crippen molar-refractivity contribution in [2.24, 2.45) is 0 Å². The van der Waals surface area contributed by atoms with Crippen molar-refractivity contribution in [1.29, 1.82) is 0 Å². The molecule has 0 unspecified atom stereocenters. The van der Waals surface area contributed by atoms with Gasteiger partial charge in [-0.25, -0.2) is 0 Å². The number of rotatable bonds is 7. The number of halogens is 1. The number of carbonyl (C=O) groups excluding carboxylic acids is 2. The van der Waals surface area contributed by atoms with E-state index in [1.807, 2.05) is 18.2 Å². The molecule has 0 aromatic heterocycles. The molecule has 0 bridgehead atoms. The zero-order chi connectivity index (χ0) is 17.4. The first-order valence-electron chi connectivity index (χ1n) is 7.90. The third-order valence-corrected chi connectivity index (χ3v) is 3.84. The maximum absolute atomic E-state index is 12.1. The zero-order valence-corrected chi connectivity index (χ0v) is 14.4. The lowest BCUT2D eigenvalue weighted by atomic mass is 10.1. The summed E-state index contributed by atoms with van der Waals surface area (Å²) in [7, 11) is 0. The first-order valence-corrected chi connectivity index (χ1v) is 8.28. The molecule has 5 heteroatoms. The molecule has 2 aromatic carbocycles. The van der Waals surface area contributed by atoms with E-state index in [2.05, 4.69) is 17.4 Å². The summed E-state index contributed by atoms with van der Waals surface area (Å²) in [6.45, 7) is 2.00. The molecule has 0 aliphatic rings. The standard InChI is InChI=1S/C19H21ClN2O2/c1-15(23)22(18-11-5-10-17(20)13-18)14-19(24)21-12-6-9-16-7-3-2-4-8-16/h2-5,7-8,10-11,13H,6,9,12,14H2,1H3,(H,21,24). The van der Waals surface area contributed by atoms with Gasteiger partial charge in [-0.3, -0.25) is 9.59 Å². The average molecular weight is 345 g/mol. The van der Waals surface area contributed by atoms with E-state index in [4.69, 9.17) is 11.6 Å². The highest BCUT2D eigenvalue weighted by Gasteiger charge is 2.15. The summed E-state index contributed by atoms with van der Waals surface area (Å²) in [4.78, 5) is 25.3. The topological polar surface area (TPSA) is 49.4 Å². The summed E-state index contributed by atoms with van der Waals surface area (Å²) in [5, 5.41) is 3.39. The number of carbonyl (C=O) groups is 2. The highest BCUT2D eigenvalue weighted by atomic mass is 35.5. The van der Waals surface area contributed by atoms with Crippen LogP contribution in [0.25, 0.3) is 0 Å². The van der Waals surface area contributed by atoms with Gasteiger partial charge in [0.2, 0.25) is 11.8 Å². The minimum atomic E-state index is -0.197. The average Bonchev–Trinajstić information content (AvgIpc) is 2.57. The third kappa shape index (κ3) is 5.70. The number of benzene rings is 2. The maximum atomic E-state index is 12.1. The van der Waals surface area contributed by atoms with Crippen LogP contribution in [0.1, 0.15) is 18.9 Å². The van der Waals surface area contributed by atoms with Crippen LogP contribution in [0, 0.1) is 0 Å². The highest BCUT2D eigenvalue weighted by molar-refractivity contribution is 6.30. The minimum absolute atomic E-state index is 0.0129. The van der Waals surface area contributed by atoms with Gasteiger partial charge in [0.15, 0.2) is 0 Å². The lowest BCUT2D eigenvalue weighted by molar-refractivity contribution is -0.123. The van der Waals surface area contributed by atoms with E-state index < -0.39 is 0 Å². The Morgan fingerprint density at radius 2 is 1.83 bits per heavy atom. The Balaban J connectivity index is 1.82. The molecule has 126 valence electrons. The van der Waals surface area contributed by atoms with Crippen molar-refractivity contribution in [3.63, 3.8) is 0 Å². The molecule has 0 aliphatic heterocycles. The molecular weight excluding hydrogens is 324 g/mol. The number of nitrogens with one attached hydrogen (secondary N) is 1. The van der Waals surface area contributed by atoms with Gasteiger partial charge in [0.1, 0.15) is 6.54 Å². The highest BCUT2D eigenvalue weighted by Crippen LogP contribution is 2.19. The second-order valence-electron chi connectivity index (χ2n) is 5.52. The van der Waals surface area contributed by atoms with Crippen molar-refractivity contribution in [1.82, 2.24) is 5.32 Å². The third-order valence-electron chi connectivity index (χ3n) is 3.61. The van der Waals surface area contributed by atoms with Crippen molar-refractivity contribution in [3.05, 3.63) is 65.2 Å². The van der Waals surface area contributed by atoms with Crippen molar-refractivity contribution in [2.75, 3.05) is 18.0 Å². The lowest BCUT2D eigenvalue weighted by Crippen LogP contribution is -2.40. The van der Waals surface area contributed by atoms with E-state index in [9.17, 15) is 9.59 Å². The summed E-state index contributed by atoms with van der Waals surface area (Å²) >= 11 is 5.95. The van der Waals surface area contributed by atoms with E-state index in [-0.39, 0.29) is 18.4 Å².